The van der Waals surface area contributed by atoms with E-state index in [9.17, 15) is 9.18 Å². The van der Waals surface area contributed by atoms with E-state index in [2.05, 4.69) is 25.9 Å². The van der Waals surface area contributed by atoms with Crippen molar-refractivity contribution in [2.24, 2.45) is 0 Å². The van der Waals surface area contributed by atoms with E-state index >= 15 is 0 Å². The molecule has 12 nitrogen and oxygen atoms in total. The molecule has 4 heterocycles. The maximum Gasteiger partial charge on any atom is 0.249 e. The Morgan fingerprint density at radius 2 is 1.73 bits per heavy atom. The number of hydrogen-bond donors (Lipinski definition) is 2. The molecule has 0 radical (unpaired) electrons. The molecule has 1 unspecified atom stereocenters. The van der Waals surface area contributed by atoms with Gasteiger partial charge in [0.25, 0.3) is 0 Å². The van der Waals surface area contributed by atoms with Gasteiger partial charge >= 0.3 is 0 Å². The zero-order valence-corrected chi connectivity index (χ0v) is 24.1. The first-order valence-corrected chi connectivity index (χ1v) is 14.7. The Balaban J connectivity index is 1.05. The molecule has 2 saturated heterocycles. The van der Waals surface area contributed by atoms with Crippen LogP contribution in [-0.2, 0) is 25.5 Å². The molecule has 45 heavy (non-hydrogen) atoms. The molecule has 0 spiro atoms. The summed E-state index contributed by atoms with van der Waals surface area (Å²) in [5, 5.41) is 20.0. The highest BCUT2D eigenvalue weighted by Crippen LogP contribution is 2.39. The van der Waals surface area contributed by atoms with E-state index in [0.717, 1.165) is 11.1 Å². The van der Waals surface area contributed by atoms with E-state index in [0.29, 0.717) is 35.7 Å². The molecule has 0 saturated carbocycles. The van der Waals surface area contributed by atoms with E-state index in [1.807, 2.05) is 60.8 Å². The van der Waals surface area contributed by atoms with Crippen LogP contribution in [0.5, 0.6) is 0 Å². The number of nitrogens with zero attached hydrogens (tertiary/aromatic N) is 6. The number of nitrogens with one attached hydrogen (secondary N) is 1. The van der Waals surface area contributed by atoms with Crippen molar-refractivity contribution < 1.29 is 23.4 Å². The third kappa shape index (κ3) is 6.32. The van der Waals surface area contributed by atoms with Crippen LogP contribution in [0, 0.1) is 5.82 Å². The molecule has 7 rings (SSSR count). The third-order valence-electron chi connectivity index (χ3n) is 7.95. The number of aromatic nitrogens is 6. The van der Waals surface area contributed by atoms with Crippen LogP contribution in [0.2, 0.25) is 0 Å². The first-order chi connectivity index (χ1) is 22.0. The highest BCUT2D eigenvalue weighted by Gasteiger charge is 2.47. The topological polar surface area (TPSA) is 144 Å². The molecule has 13 heteroatoms. The minimum Gasteiger partial charge on any atom is -0.399 e. The third-order valence-corrected chi connectivity index (χ3v) is 7.95. The summed E-state index contributed by atoms with van der Waals surface area (Å²) < 4.78 is 36.0. The smallest absolute Gasteiger partial charge is 0.249 e. The minimum absolute atomic E-state index is 0.225. The number of fused-ring (bicyclic) bond motifs is 1. The normalized spacial score (nSPS) is 22.9. The second-order valence-corrected chi connectivity index (χ2v) is 11.0. The molecule has 5 atom stereocenters. The van der Waals surface area contributed by atoms with Gasteiger partial charge in [-0.1, -0.05) is 65.0 Å². The second-order valence-electron chi connectivity index (χ2n) is 11.0. The minimum atomic E-state index is -0.792. The maximum absolute atomic E-state index is 13.9. The number of benzene rings is 3. The van der Waals surface area contributed by atoms with Gasteiger partial charge in [-0.05, 0) is 24.3 Å². The van der Waals surface area contributed by atoms with Gasteiger partial charge in [0.05, 0.1) is 31.6 Å². The molecular weight excluding hydrogens is 579 g/mol. The summed E-state index contributed by atoms with van der Waals surface area (Å²) in [6.45, 7) is 0.960. The Hall–Kier alpha value is -4.98. The highest BCUT2D eigenvalue weighted by molar-refractivity contribution is 5.81. The van der Waals surface area contributed by atoms with Crippen molar-refractivity contribution >= 4 is 11.6 Å². The summed E-state index contributed by atoms with van der Waals surface area (Å²) in [5.74, 6) is -0.635. The summed E-state index contributed by atoms with van der Waals surface area (Å²) in [4.78, 5) is 13.4. The van der Waals surface area contributed by atoms with E-state index in [1.165, 1.54) is 12.1 Å². The summed E-state index contributed by atoms with van der Waals surface area (Å²) in [6, 6.07) is 22.8. The molecule has 2 aromatic heterocycles. The van der Waals surface area contributed by atoms with Crippen molar-refractivity contribution in [2.45, 2.75) is 43.6 Å². The number of halogens is 1. The van der Waals surface area contributed by atoms with Crippen LogP contribution in [0.15, 0.2) is 91.3 Å². The number of carbonyl (C=O) groups is 1. The molecule has 2 aliphatic heterocycles. The SMILES string of the molecule is Nc1ccc(-c2cn(CCNC(=O)[C@H]3C[C@@H](n4cc(-c5cccc(F)c5)nn4)[C@H]4OC(c5ccccc5)OC[C@H]4O3)nn2)cc1. The number of ether oxygens (including phenoxy) is 3. The van der Waals surface area contributed by atoms with Crippen LogP contribution in [0.25, 0.3) is 22.5 Å². The molecule has 230 valence electrons. The quantitative estimate of drug-likeness (QED) is 0.252. The van der Waals surface area contributed by atoms with Crippen LogP contribution < -0.4 is 11.1 Å². The summed E-state index contributed by atoms with van der Waals surface area (Å²) in [6.07, 6.45) is 1.45. The average Bonchev–Trinajstić information content (AvgIpc) is 3.76. The molecule has 2 aliphatic rings. The van der Waals surface area contributed by atoms with E-state index in [-0.39, 0.29) is 24.8 Å². The molecular formula is C32H31FN8O4. The fourth-order valence-corrected chi connectivity index (χ4v) is 5.65. The maximum atomic E-state index is 13.9. The van der Waals surface area contributed by atoms with Gasteiger partial charge in [-0.3, -0.25) is 9.48 Å². The highest BCUT2D eigenvalue weighted by atomic mass is 19.1. The standard InChI is InChI=1S/C32H31FN8O4/c33-23-8-4-7-22(15-23)26-18-41(39-37-26)27-16-28(44-29-19-43-32(45-30(27)29)21-5-2-1-3-6-21)31(42)35-13-14-40-17-25(36-38-40)20-9-11-24(34)12-10-20/h1-12,15,17-18,27-30,32H,13-14,16,19,34H2,(H,35,42)/t27-,28-,29-,30-,32?/m1/s1. The zero-order valence-electron chi connectivity index (χ0n) is 24.1. The van der Waals surface area contributed by atoms with E-state index in [4.69, 9.17) is 19.9 Å². The van der Waals surface area contributed by atoms with E-state index in [1.54, 1.807) is 27.7 Å². The zero-order chi connectivity index (χ0) is 30.8. The first-order valence-electron chi connectivity index (χ1n) is 14.7. The molecule has 5 aromatic rings. The summed E-state index contributed by atoms with van der Waals surface area (Å²) in [7, 11) is 0. The van der Waals surface area contributed by atoms with Crippen LogP contribution in [0.1, 0.15) is 24.3 Å². The Morgan fingerprint density at radius 1 is 0.933 bits per heavy atom. The van der Waals surface area contributed by atoms with Crippen molar-refractivity contribution in [3.05, 3.63) is 103 Å². The number of anilines is 1. The number of amides is 1. The van der Waals surface area contributed by atoms with Gasteiger partial charge in [0, 0.05) is 35.3 Å². The number of nitrogens with two attached hydrogens (primary N) is 1. The fraction of sp³-hybridized carbons (Fsp3) is 0.281. The fourth-order valence-electron chi connectivity index (χ4n) is 5.65. The van der Waals surface area contributed by atoms with Gasteiger partial charge in [-0.15, -0.1) is 10.2 Å². The molecule has 0 bridgehead atoms. The van der Waals surface area contributed by atoms with Gasteiger partial charge in [0.15, 0.2) is 6.29 Å². The van der Waals surface area contributed by atoms with Gasteiger partial charge in [0.2, 0.25) is 5.91 Å². The monoisotopic (exact) mass is 610 g/mol. The van der Waals surface area contributed by atoms with Crippen LogP contribution in [-0.4, -0.2) is 67.4 Å². The summed E-state index contributed by atoms with van der Waals surface area (Å²) >= 11 is 0. The second kappa shape index (κ2) is 12.6. The predicted octanol–water partition coefficient (Wildman–Crippen LogP) is 3.55. The van der Waals surface area contributed by atoms with E-state index < -0.39 is 30.6 Å². The lowest BCUT2D eigenvalue weighted by Crippen LogP contribution is -2.56. The predicted molar refractivity (Wildman–Crippen MR) is 161 cm³/mol. The van der Waals surface area contributed by atoms with Crippen LogP contribution in [0.4, 0.5) is 10.1 Å². The van der Waals surface area contributed by atoms with Crippen LogP contribution >= 0.6 is 0 Å². The largest absolute Gasteiger partial charge is 0.399 e. The Labute approximate surface area is 257 Å². The van der Waals surface area contributed by atoms with Gasteiger partial charge in [-0.25, -0.2) is 9.07 Å². The first kappa shape index (κ1) is 28.8. The lowest BCUT2D eigenvalue weighted by molar-refractivity contribution is -0.297. The number of rotatable bonds is 8. The molecule has 3 aromatic carbocycles. The van der Waals surface area contributed by atoms with Gasteiger partial charge < -0.3 is 25.3 Å². The van der Waals surface area contributed by atoms with Crippen molar-refractivity contribution in [3.8, 4) is 22.5 Å². The molecule has 2 fully saturated rings. The van der Waals surface area contributed by atoms with Crippen molar-refractivity contribution in [1.29, 1.82) is 0 Å². The average molecular weight is 611 g/mol. The molecule has 3 N–H and O–H groups in total. The number of nitrogen functional groups attached to an aromatic ring is 1. The molecule has 0 aliphatic carbocycles. The lowest BCUT2D eigenvalue weighted by atomic mass is 9.94. The Morgan fingerprint density at radius 3 is 2.56 bits per heavy atom. The number of carbonyl (C=O) groups excluding carboxylic acids is 1. The van der Waals surface area contributed by atoms with Crippen molar-refractivity contribution in [1.82, 2.24) is 35.3 Å². The van der Waals surface area contributed by atoms with Crippen LogP contribution in [0.3, 0.4) is 0 Å². The summed E-state index contributed by atoms with van der Waals surface area (Å²) in [5.41, 5.74) is 10.0. The lowest BCUT2D eigenvalue weighted by Gasteiger charge is -2.45. The van der Waals surface area contributed by atoms with Crippen molar-refractivity contribution in [3.63, 3.8) is 0 Å². The van der Waals surface area contributed by atoms with Crippen molar-refractivity contribution in [2.75, 3.05) is 18.9 Å². The molecule has 1 amide bonds. The Kier molecular flexibility index (Phi) is 8.03. The van der Waals surface area contributed by atoms with Gasteiger partial charge in [0.1, 0.15) is 35.5 Å². The van der Waals surface area contributed by atoms with Gasteiger partial charge in [-0.2, -0.15) is 0 Å². The number of hydrogen-bond acceptors (Lipinski definition) is 9. The Bertz CT molecular complexity index is 1760.